The second-order valence-corrected chi connectivity index (χ2v) is 15.8. The number of halogens is 5. The fraction of sp³-hybridized carbons (Fsp3) is 0.759. The Bertz CT molecular complexity index is 953. The Morgan fingerprint density at radius 1 is 0.511 bits per heavy atom. The van der Waals surface area contributed by atoms with Crippen LogP contribution in [0.5, 0.6) is 5.75 Å². The highest BCUT2D eigenvalue weighted by Crippen LogP contribution is 2.36. The quantitative estimate of drug-likeness (QED) is 0.0258. The Balaban J connectivity index is 1.84. The molecule has 0 aliphatic heterocycles. The van der Waals surface area contributed by atoms with E-state index in [2.05, 4.69) is 38.6 Å². The minimum atomic E-state index is -2.34. The highest BCUT2D eigenvalue weighted by molar-refractivity contribution is 6.74. The van der Waals surface area contributed by atoms with Crippen LogP contribution in [0.3, 0.4) is 0 Å². The molecule has 1 aromatic carbocycles. The predicted molar refractivity (Wildman–Crippen MR) is 155 cm³/mol. The maximum Gasteiger partial charge on any atom is 0.313 e. The van der Waals surface area contributed by atoms with E-state index in [1.165, 1.54) is 0 Å². The molecule has 0 N–H and O–H groups in total. The first-order valence-corrected chi connectivity index (χ1v) is 17.6. The van der Waals surface area contributed by atoms with E-state index in [1.54, 1.807) is 0 Å². The fourth-order valence-electron chi connectivity index (χ4n) is 2.99. The molecule has 262 valence electrons. The third kappa shape index (κ3) is 17.1. The summed E-state index contributed by atoms with van der Waals surface area (Å²) in [6, 6.07) is 0. The molecule has 45 heavy (non-hydrogen) atoms. The minimum Gasteiger partial charge on any atom is -0.420 e. The van der Waals surface area contributed by atoms with Crippen LogP contribution in [0, 0.1) is 29.1 Å². The van der Waals surface area contributed by atoms with Crippen LogP contribution in [-0.2, 0) is 42.4 Å². The van der Waals surface area contributed by atoms with Crippen LogP contribution in [0.1, 0.15) is 27.2 Å². The van der Waals surface area contributed by atoms with Crippen molar-refractivity contribution >= 4 is 14.3 Å². The van der Waals surface area contributed by atoms with E-state index in [1.807, 2.05) is 0 Å². The van der Waals surface area contributed by atoms with Gasteiger partial charge in [-0.3, -0.25) is 4.79 Å². The van der Waals surface area contributed by atoms with E-state index in [0.29, 0.717) is 72.7 Å². The summed E-state index contributed by atoms with van der Waals surface area (Å²) in [7, 11) is -1.73. The third-order valence-electron chi connectivity index (χ3n) is 6.56. The highest BCUT2D eigenvalue weighted by Gasteiger charge is 2.36. The van der Waals surface area contributed by atoms with Gasteiger partial charge < -0.3 is 42.3 Å². The van der Waals surface area contributed by atoms with Crippen molar-refractivity contribution in [2.24, 2.45) is 0 Å². The second-order valence-electron chi connectivity index (χ2n) is 11.0. The van der Waals surface area contributed by atoms with Gasteiger partial charge in [-0.2, -0.15) is 8.78 Å². The molecule has 1 rings (SSSR count). The number of carbonyl (C=O) groups excluding carboxylic acids is 1. The molecule has 1 aromatic rings. The zero-order chi connectivity index (χ0) is 33.7. The fourth-order valence-corrected chi connectivity index (χ4v) is 4.02. The maximum atomic E-state index is 13.5. The molecular formula is C29H47F5O10Si. The minimum absolute atomic E-state index is 0.0881. The van der Waals surface area contributed by atoms with Crippen LogP contribution in [0.2, 0.25) is 18.1 Å². The Labute approximate surface area is 262 Å². The van der Waals surface area contributed by atoms with Crippen LogP contribution in [0.4, 0.5) is 22.0 Å². The molecular weight excluding hydrogens is 631 g/mol. The molecule has 0 heterocycles. The van der Waals surface area contributed by atoms with Gasteiger partial charge in [0.2, 0.25) is 34.8 Å². The molecule has 0 aliphatic rings. The molecule has 0 radical (unpaired) electrons. The summed E-state index contributed by atoms with van der Waals surface area (Å²) in [5, 5.41) is 0.184. The molecule has 16 heteroatoms. The van der Waals surface area contributed by atoms with E-state index >= 15 is 0 Å². The Morgan fingerprint density at radius 2 is 0.800 bits per heavy atom. The topological polar surface area (TPSA) is 100 Å². The summed E-state index contributed by atoms with van der Waals surface area (Å²) < 4.78 is 114. The van der Waals surface area contributed by atoms with Gasteiger partial charge in [0.05, 0.1) is 106 Å². The van der Waals surface area contributed by atoms with E-state index in [4.69, 9.17) is 37.6 Å². The van der Waals surface area contributed by atoms with Crippen LogP contribution >= 0.6 is 0 Å². The summed E-state index contributed by atoms with van der Waals surface area (Å²) in [5.74, 6) is -14.1. The Kier molecular flexibility index (Phi) is 20.8. The molecule has 0 unspecified atom stereocenters. The van der Waals surface area contributed by atoms with Crippen molar-refractivity contribution in [3.05, 3.63) is 29.1 Å². The van der Waals surface area contributed by atoms with Crippen LogP contribution in [0.15, 0.2) is 0 Å². The lowest BCUT2D eigenvalue weighted by molar-refractivity contribution is -0.136. The van der Waals surface area contributed by atoms with E-state index in [-0.39, 0.29) is 31.5 Å². The summed E-state index contributed by atoms with van der Waals surface area (Å²) in [5.41, 5.74) is 0. The van der Waals surface area contributed by atoms with Gasteiger partial charge >= 0.3 is 5.97 Å². The van der Waals surface area contributed by atoms with Crippen molar-refractivity contribution in [3.63, 3.8) is 0 Å². The molecule has 0 fully saturated rings. The van der Waals surface area contributed by atoms with Crippen molar-refractivity contribution in [1.29, 1.82) is 0 Å². The van der Waals surface area contributed by atoms with Gasteiger partial charge in [0, 0.05) is 0 Å². The van der Waals surface area contributed by atoms with E-state index < -0.39 is 55.5 Å². The maximum absolute atomic E-state index is 13.5. The lowest BCUT2D eigenvalue weighted by Crippen LogP contribution is -2.41. The van der Waals surface area contributed by atoms with Crippen molar-refractivity contribution in [2.75, 3.05) is 99.1 Å². The van der Waals surface area contributed by atoms with Gasteiger partial charge in [-0.05, 0) is 18.1 Å². The molecule has 0 aliphatic carbocycles. The number of esters is 1. The molecule has 0 atom stereocenters. The number of hydrogen-bond acceptors (Lipinski definition) is 10. The lowest BCUT2D eigenvalue weighted by atomic mass is 10.2. The van der Waals surface area contributed by atoms with Crippen LogP contribution in [-0.4, -0.2) is 113 Å². The molecule has 0 amide bonds. The summed E-state index contributed by atoms with van der Waals surface area (Å²) in [4.78, 5) is 11.6. The summed E-state index contributed by atoms with van der Waals surface area (Å²) >= 11 is 0. The number of benzene rings is 1. The van der Waals surface area contributed by atoms with Crippen LogP contribution in [0.25, 0.3) is 0 Å². The van der Waals surface area contributed by atoms with Gasteiger partial charge in [0.25, 0.3) is 0 Å². The van der Waals surface area contributed by atoms with Gasteiger partial charge in [-0.1, -0.05) is 20.8 Å². The molecule has 0 aromatic heterocycles. The zero-order valence-electron chi connectivity index (χ0n) is 26.8. The van der Waals surface area contributed by atoms with E-state index in [9.17, 15) is 26.7 Å². The van der Waals surface area contributed by atoms with Gasteiger partial charge in [-0.15, -0.1) is 0 Å². The second kappa shape index (κ2) is 22.7. The van der Waals surface area contributed by atoms with Gasteiger partial charge in [0.15, 0.2) is 8.32 Å². The Morgan fingerprint density at radius 3 is 1.13 bits per heavy atom. The van der Waals surface area contributed by atoms with Crippen LogP contribution < -0.4 is 4.74 Å². The third-order valence-corrected chi connectivity index (χ3v) is 11.1. The summed E-state index contributed by atoms with van der Waals surface area (Å²) in [6.07, 6.45) is -0.481. The average molecular weight is 679 g/mol. The van der Waals surface area contributed by atoms with Gasteiger partial charge in [-0.25, -0.2) is 13.2 Å². The number of carbonyl (C=O) groups is 1. The first-order valence-electron chi connectivity index (χ1n) is 14.7. The first kappa shape index (κ1) is 41.3. The lowest BCUT2D eigenvalue weighted by Gasteiger charge is -2.36. The number of ether oxygens (including phenoxy) is 8. The average Bonchev–Trinajstić information content (AvgIpc) is 2.98. The number of hydrogen-bond donors (Lipinski definition) is 0. The standard InChI is InChI=1S/C29H47F5O10Si/c1-29(2,3)45(4,5)43-21-20-42-19-18-41-17-16-40-15-14-39-13-12-38-11-10-37-9-8-36-7-6-22(35)44-28-26(33)24(31)23(30)25(32)27(28)34/h6-21H2,1-5H3. The highest BCUT2D eigenvalue weighted by atomic mass is 28.4. The van der Waals surface area contributed by atoms with Crippen molar-refractivity contribution in [2.45, 2.75) is 45.3 Å². The molecule has 0 saturated carbocycles. The Hall–Kier alpha value is -1.76. The number of rotatable bonds is 26. The molecule has 0 saturated heterocycles. The van der Waals surface area contributed by atoms with E-state index in [0.717, 1.165) is 0 Å². The molecule has 0 bridgehead atoms. The largest absolute Gasteiger partial charge is 0.420 e. The van der Waals surface area contributed by atoms with Gasteiger partial charge in [0.1, 0.15) is 0 Å². The SMILES string of the molecule is CC(C)(C)[Si](C)(C)OCCOCCOCCOCCOCCOCCOCCOCCC(=O)Oc1c(F)c(F)c(F)c(F)c1F. The smallest absolute Gasteiger partial charge is 0.313 e. The summed E-state index contributed by atoms with van der Waals surface area (Å²) in [6.45, 7) is 16.4. The van der Waals surface area contributed by atoms with Crippen molar-refractivity contribution < 1.29 is 69.1 Å². The zero-order valence-corrected chi connectivity index (χ0v) is 27.8. The normalized spacial score (nSPS) is 12.2. The first-order chi connectivity index (χ1) is 21.3. The predicted octanol–water partition coefficient (Wildman–Crippen LogP) is 4.82. The monoisotopic (exact) mass is 678 g/mol. The van der Waals surface area contributed by atoms with Crippen molar-refractivity contribution in [3.8, 4) is 5.75 Å². The van der Waals surface area contributed by atoms with Crippen molar-refractivity contribution in [1.82, 2.24) is 0 Å². The molecule has 0 spiro atoms. The molecule has 10 nitrogen and oxygen atoms in total.